The lowest BCUT2D eigenvalue weighted by Crippen LogP contribution is -2.44. The number of halogens is 2. The molecule has 8 heteroatoms. The maximum absolute atomic E-state index is 14.1. The van der Waals surface area contributed by atoms with Gasteiger partial charge in [0.2, 0.25) is 11.9 Å². The molecular weight excluding hydrogens is 331 g/mol. The van der Waals surface area contributed by atoms with E-state index in [1.165, 1.54) is 0 Å². The highest BCUT2D eigenvalue weighted by molar-refractivity contribution is 6.30. The van der Waals surface area contributed by atoms with E-state index in [1.807, 2.05) is 6.92 Å². The molecule has 0 saturated carbocycles. The topological polar surface area (TPSA) is 57.2 Å². The molecule has 0 aromatic carbocycles. The normalized spacial score (nSPS) is 23.1. The molecule has 2 aromatic heterocycles. The predicted molar refractivity (Wildman–Crippen MR) is 91.4 cm³/mol. The molecular formula is C16H18ClFN6. The molecule has 0 aliphatic carbocycles. The first-order chi connectivity index (χ1) is 11.5. The van der Waals surface area contributed by atoms with Gasteiger partial charge >= 0.3 is 0 Å². The highest BCUT2D eigenvalue weighted by Gasteiger charge is 2.41. The second kappa shape index (κ2) is 5.82. The van der Waals surface area contributed by atoms with Crippen molar-refractivity contribution in [2.45, 2.75) is 25.4 Å². The summed E-state index contributed by atoms with van der Waals surface area (Å²) in [6.07, 6.45) is 4.33. The fourth-order valence-corrected chi connectivity index (χ4v) is 3.59. The third-order valence-electron chi connectivity index (χ3n) is 4.83. The van der Waals surface area contributed by atoms with Gasteiger partial charge in [-0.1, -0.05) is 11.6 Å². The number of hydrogen-bond acceptors (Lipinski definition) is 6. The third kappa shape index (κ3) is 2.67. The molecule has 4 heterocycles. The van der Waals surface area contributed by atoms with Gasteiger partial charge in [0.25, 0.3) is 0 Å². The number of likely N-dealkylation sites (tertiary alicyclic amines) is 1. The van der Waals surface area contributed by atoms with E-state index in [2.05, 4.69) is 37.1 Å². The standard InChI is InChI=1S/C16H18ClFN6/c1-9-5-20-16(22-14(9)17)21-13-4-10(6-19-15(13)18)24-8-11-3-12(24)7-23(11)2/h4-6,11-12H,3,7-8H2,1-2H3,(H,20,21,22)/t11-,12-/m0/s1. The first-order valence-corrected chi connectivity index (χ1v) is 8.27. The van der Waals surface area contributed by atoms with Gasteiger partial charge < -0.3 is 10.2 Å². The summed E-state index contributed by atoms with van der Waals surface area (Å²) >= 11 is 6.00. The second-order valence-corrected chi connectivity index (χ2v) is 6.82. The molecule has 1 N–H and O–H groups in total. The fraction of sp³-hybridized carbons (Fsp3) is 0.438. The monoisotopic (exact) mass is 348 g/mol. The zero-order valence-electron chi connectivity index (χ0n) is 13.5. The molecule has 0 amide bonds. The zero-order chi connectivity index (χ0) is 16.8. The van der Waals surface area contributed by atoms with Crippen molar-refractivity contribution in [1.82, 2.24) is 19.9 Å². The summed E-state index contributed by atoms with van der Waals surface area (Å²) in [5, 5.41) is 3.22. The first kappa shape index (κ1) is 15.5. The minimum absolute atomic E-state index is 0.253. The number of rotatable bonds is 3. The Balaban J connectivity index is 1.59. The molecule has 24 heavy (non-hydrogen) atoms. The molecule has 2 atom stereocenters. The largest absolute Gasteiger partial charge is 0.364 e. The molecule has 2 bridgehead atoms. The Morgan fingerprint density at radius 3 is 2.75 bits per heavy atom. The van der Waals surface area contributed by atoms with Crippen LogP contribution in [0, 0.1) is 12.9 Å². The van der Waals surface area contributed by atoms with Crippen LogP contribution in [-0.2, 0) is 0 Å². The predicted octanol–water partition coefficient (Wildman–Crippen LogP) is 2.61. The number of fused-ring (bicyclic) bond motifs is 2. The van der Waals surface area contributed by atoms with Crippen LogP contribution < -0.4 is 10.2 Å². The third-order valence-corrected chi connectivity index (χ3v) is 5.21. The van der Waals surface area contributed by atoms with E-state index >= 15 is 0 Å². The molecule has 0 unspecified atom stereocenters. The second-order valence-electron chi connectivity index (χ2n) is 6.46. The minimum atomic E-state index is -0.583. The number of aryl methyl sites for hydroxylation is 1. The number of pyridine rings is 1. The van der Waals surface area contributed by atoms with Gasteiger partial charge in [0.1, 0.15) is 5.15 Å². The van der Waals surface area contributed by atoms with Crippen molar-refractivity contribution < 1.29 is 4.39 Å². The van der Waals surface area contributed by atoms with Crippen LogP contribution in [0.2, 0.25) is 5.15 Å². The van der Waals surface area contributed by atoms with Gasteiger partial charge in [0, 0.05) is 36.9 Å². The molecule has 4 rings (SSSR count). The average molecular weight is 349 g/mol. The van der Waals surface area contributed by atoms with Crippen molar-refractivity contribution in [2.75, 3.05) is 30.4 Å². The number of aromatic nitrogens is 3. The molecule has 6 nitrogen and oxygen atoms in total. The summed E-state index contributed by atoms with van der Waals surface area (Å²) in [6.45, 7) is 3.79. The lowest BCUT2D eigenvalue weighted by atomic mass is 10.2. The summed E-state index contributed by atoms with van der Waals surface area (Å²) in [6, 6.07) is 2.79. The van der Waals surface area contributed by atoms with E-state index < -0.39 is 5.95 Å². The number of hydrogen-bond donors (Lipinski definition) is 1. The van der Waals surface area contributed by atoms with Gasteiger partial charge in [-0.3, -0.25) is 4.90 Å². The number of nitrogens with zero attached hydrogens (tertiary/aromatic N) is 5. The van der Waals surface area contributed by atoms with Crippen molar-refractivity contribution in [3.8, 4) is 0 Å². The molecule has 0 radical (unpaired) electrons. The molecule has 2 aliphatic rings. The van der Waals surface area contributed by atoms with Crippen LogP contribution in [0.15, 0.2) is 18.5 Å². The van der Waals surface area contributed by atoms with E-state index in [1.54, 1.807) is 18.5 Å². The number of nitrogens with one attached hydrogen (secondary N) is 1. The van der Waals surface area contributed by atoms with Crippen molar-refractivity contribution in [3.63, 3.8) is 0 Å². The molecule has 2 saturated heterocycles. The SMILES string of the molecule is Cc1cnc(Nc2cc(N3C[C@@H]4C[C@H]3CN4C)cnc2F)nc1Cl. The number of likely N-dealkylation sites (N-methyl/N-ethyl adjacent to an activating group) is 1. The van der Waals surface area contributed by atoms with Gasteiger partial charge in [-0.15, -0.1) is 0 Å². The molecule has 2 aliphatic heterocycles. The van der Waals surface area contributed by atoms with Crippen LogP contribution in [0.25, 0.3) is 0 Å². The molecule has 2 fully saturated rings. The van der Waals surface area contributed by atoms with Crippen LogP contribution in [-0.4, -0.2) is 52.1 Å². The van der Waals surface area contributed by atoms with Crippen molar-refractivity contribution >= 4 is 28.9 Å². The van der Waals surface area contributed by atoms with E-state index in [0.717, 1.165) is 30.8 Å². The maximum atomic E-state index is 14.1. The van der Waals surface area contributed by atoms with Gasteiger partial charge in [-0.05, 0) is 26.5 Å². The van der Waals surface area contributed by atoms with Gasteiger partial charge in [0.05, 0.1) is 17.6 Å². The summed E-state index contributed by atoms with van der Waals surface area (Å²) in [5.74, 6) is -0.327. The minimum Gasteiger partial charge on any atom is -0.364 e. The average Bonchev–Trinajstić information content (AvgIpc) is 3.12. The lowest BCUT2D eigenvalue weighted by Gasteiger charge is -2.33. The highest BCUT2D eigenvalue weighted by Crippen LogP contribution is 2.34. The van der Waals surface area contributed by atoms with Crippen LogP contribution in [0.3, 0.4) is 0 Å². The molecule has 126 valence electrons. The summed E-state index contributed by atoms with van der Waals surface area (Å²) in [5.41, 5.74) is 1.94. The van der Waals surface area contributed by atoms with E-state index in [9.17, 15) is 4.39 Å². The quantitative estimate of drug-likeness (QED) is 0.679. The van der Waals surface area contributed by atoms with Crippen LogP contribution in [0.5, 0.6) is 0 Å². The van der Waals surface area contributed by atoms with E-state index in [0.29, 0.717) is 17.2 Å². The summed E-state index contributed by atoms with van der Waals surface area (Å²) in [4.78, 5) is 16.8. The Morgan fingerprint density at radius 2 is 2.08 bits per heavy atom. The van der Waals surface area contributed by atoms with Gasteiger partial charge in [-0.25, -0.2) is 15.0 Å². The zero-order valence-corrected chi connectivity index (χ0v) is 14.3. The summed E-state index contributed by atoms with van der Waals surface area (Å²) < 4.78 is 14.1. The van der Waals surface area contributed by atoms with Gasteiger partial charge in [0.15, 0.2) is 0 Å². The fourth-order valence-electron chi connectivity index (χ4n) is 3.47. The Morgan fingerprint density at radius 1 is 1.25 bits per heavy atom. The van der Waals surface area contributed by atoms with E-state index in [-0.39, 0.29) is 11.6 Å². The van der Waals surface area contributed by atoms with Crippen molar-refractivity contribution in [1.29, 1.82) is 0 Å². The first-order valence-electron chi connectivity index (χ1n) is 7.90. The van der Waals surface area contributed by atoms with Crippen LogP contribution in [0.4, 0.5) is 21.7 Å². The molecule has 2 aromatic rings. The lowest BCUT2D eigenvalue weighted by molar-refractivity contribution is 0.292. The summed E-state index contributed by atoms with van der Waals surface area (Å²) in [7, 11) is 2.15. The Hall–Kier alpha value is -1.99. The Labute approximate surface area is 144 Å². The van der Waals surface area contributed by atoms with Crippen molar-refractivity contribution in [2.24, 2.45) is 0 Å². The number of anilines is 3. The van der Waals surface area contributed by atoms with E-state index in [4.69, 9.17) is 11.6 Å². The smallest absolute Gasteiger partial charge is 0.236 e. The van der Waals surface area contributed by atoms with Gasteiger partial charge in [-0.2, -0.15) is 4.39 Å². The van der Waals surface area contributed by atoms with Crippen LogP contribution >= 0.6 is 11.6 Å². The van der Waals surface area contributed by atoms with Crippen molar-refractivity contribution in [3.05, 3.63) is 35.1 Å². The maximum Gasteiger partial charge on any atom is 0.236 e. The highest BCUT2D eigenvalue weighted by atomic mass is 35.5. The molecule has 0 spiro atoms. The number of piperazine rings is 1. The Kier molecular flexibility index (Phi) is 3.77. The van der Waals surface area contributed by atoms with Crippen LogP contribution in [0.1, 0.15) is 12.0 Å². The Bertz CT molecular complexity index is 783.